The van der Waals surface area contributed by atoms with Crippen molar-refractivity contribution in [3.63, 3.8) is 0 Å². The van der Waals surface area contributed by atoms with Crippen LogP contribution in [0.2, 0.25) is 0 Å². The van der Waals surface area contributed by atoms with E-state index in [2.05, 4.69) is 38.4 Å². The van der Waals surface area contributed by atoms with Crippen molar-refractivity contribution in [2.24, 2.45) is 0 Å². The minimum Gasteiger partial charge on any atom is -0.484 e. The summed E-state index contributed by atoms with van der Waals surface area (Å²) in [6, 6.07) is 7.70. The third kappa shape index (κ3) is 3.03. The number of hydrogen-bond donors (Lipinski definition) is 0. The highest BCUT2D eigenvalue weighted by molar-refractivity contribution is 9.10. The molecule has 0 radical (unpaired) electrons. The summed E-state index contributed by atoms with van der Waals surface area (Å²) in [6.07, 6.45) is 0.993. The summed E-state index contributed by atoms with van der Waals surface area (Å²) < 4.78 is 8.34. The molecule has 0 saturated heterocycles. The van der Waals surface area contributed by atoms with Gasteiger partial charge in [-0.25, -0.2) is 4.68 Å². The van der Waals surface area contributed by atoms with E-state index in [1.807, 2.05) is 24.3 Å². The van der Waals surface area contributed by atoms with Gasteiger partial charge in [0.1, 0.15) is 12.4 Å². The first kappa shape index (κ1) is 12.0. The highest BCUT2D eigenvalue weighted by Crippen LogP contribution is 2.24. The molecule has 17 heavy (non-hydrogen) atoms. The van der Waals surface area contributed by atoms with E-state index in [1.54, 1.807) is 4.68 Å². The molecule has 0 N–H and O–H groups in total. The maximum absolute atomic E-state index is 5.66. The van der Waals surface area contributed by atoms with Crippen molar-refractivity contribution in [2.45, 2.75) is 26.5 Å². The SMILES string of the molecule is CCCn1nnnc1COc1ccccc1Br. The maximum atomic E-state index is 5.66. The van der Waals surface area contributed by atoms with E-state index in [0.717, 1.165) is 29.0 Å². The van der Waals surface area contributed by atoms with Crippen LogP contribution < -0.4 is 4.74 Å². The molecular weight excluding hydrogens is 284 g/mol. The van der Waals surface area contributed by atoms with Gasteiger partial charge in [0.15, 0.2) is 5.82 Å². The lowest BCUT2D eigenvalue weighted by Crippen LogP contribution is -2.08. The summed E-state index contributed by atoms with van der Waals surface area (Å²) in [7, 11) is 0. The molecule has 0 atom stereocenters. The molecule has 0 bridgehead atoms. The molecule has 0 fully saturated rings. The standard InChI is InChI=1S/C11H13BrN4O/c1-2-7-16-11(13-14-15-16)8-17-10-6-4-3-5-9(10)12/h3-6H,2,7-8H2,1H3. The second-order valence-corrected chi connectivity index (χ2v) is 4.39. The third-order valence-electron chi connectivity index (χ3n) is 2.23. The minimum absolute atomic E-state index is 0.371. The van der Waals surface area contributed by atoms with E-state index in [-0.39, 0.29) is 0 Å². The number of benzene rings is 1. The highest BCUT2D eigenvalue weighted by Gasteiger charge is 2.07. The Labute approximate surface area is 108 Å². The zero-order valence-electron chi connectivity index (χ0n) is 9.51. The smallest absolute Gasteiger partial charge is 0.189 e. The molecule has 6 heteroatoms. The first-order valence-electron chi connectivity index (χ1n) is 5.43. The zero-order valence-corrected chi connectivity index (χ0v) is 11.1. The molecule has 2 rings (SSSR count). The molecule has 0 spiro atoms. The summed E-state index contributed by atoms with van der Waals surface area (Å²) in [6.45, 7) is 3.26. The number of rotatable bonds is 5. The summed E-state index contributed by atoms with van der Waals surface area (Å²) in [5.74, 6) is 1.53. The van der Waals surface area contributed by atoms with Gasteiger partial charge in [-0.3, -0.25) is 0 Å². The fourth-order valence-electron chi connectivity index (χ4n) is 1.42. The normalized spacial score (nSPS) is 10.5. The summed E-state index contributed by atoms with van der Waals surface area (Å²) in [5.41, 5.74) is 0. The van der Waals surface area contributed by atoms with E-state index in [9.17, 15) is 0 Å². The van der Waals surface area contributed by atoms with Gasteiger partial charge < -0.3 is 4.74 Å². The molecule has 2 aromatic rings. The van der Waals surface area contributed by atoms with E-state index in [0.29, 0.717) is 6.61 Å². The molecule has 0 aliphatic heterocycles. The number of para-hydroxylation sites is 1. The average Bonchev–Trinajstić information content (AvgIpc) is 2.76. The Bertz CT molecular complexity index is 486. The van der Waals surface area contributed by atoms with E-state index < -0.39 is 0 Å². The Morgan fingerprint density at radius 3 is 2.94 bits per heavy atom. The van der Waals surface area contributed by atoms with Crippen LogP contribution in [0.4, 0.5) is 0 Å². The third-order valence-corrected chi connectivity index (χ3v) is 2.89. The van der Waals surface area contributed by atoms with Crippen LogP contribution in [0.1, 0.15) is 19.2 Å². The highest BCUT2D eigenvalue weighted by atomic mass is 79.9. The van der Waals surface area contributed by atoms with Crippen molar-refractivity contribution < 1.29 is 4.74 Å². The van der Waals surface area contributed by atoms with Gasteiger partial charge in [0.2, 0.25) is 0 Å². The van der Waals surface area contributed by atoms with E-state index >= 15 is 0 Å². The van der Waals surface area contributed by atoms with E-state index in [4.69, 9.17) is 4.74 Å². The predicted octanol–water partition coefficient (Wildman–Crippen LogP) is 2.42. The lowest BCUT2D eigenvalue weighted by molar-refractivity contribution is 0.284. The minimum atomic E-state index is 0.371. The Morgan fingerprint density at radius 2 is 2.18 bits per heavy atom. The van der Waals surface area contributed by atoms with Gasteiger partial charge in [0.05, 0.1) is 4.47 Å². The van der Waals surface area contributed by atoms with Crippen molar-refractivity contribution in [3.05, 3.63) is 34.6 Å². The first-order chi connectivity index (χ1) is 8.31. The van der Waals surface area contributed by atoms with Gasteiger partial charge in [0.25, 0.3) is 0 Å². The lowest BCUT2D eigenvalue weighted by Gasteiger charge is -2.07. The topological polar surface area (TPSA) is 52.8 Å². The molecule has 1 aromatic heterocycles. The number of hydrogen-bond acceptors (Lipinski definition) is 4. The fourth-order valence-corrected chi connectivity index (χ4v) is 1.82. The van der Waals surface area contributed by atoms with Gasteiger partial charge >= 0.3 is 0 Å². The number of aryl methyl sites for hydroxylation is 1. The molecule has 0 amide bonds. The van der Waals surface area contributed by atoms with Crippen molar-refractivity contribution in [3.8, 4) is 5.75 Å². The van der Waals surface area contributed by atoms with Crippen LogP contribution in [0.15, 0.2) is 28.7 Å². The maximum Gasteiger partial charge on any atom is 0.189 e. The van der Waals surface area contributed by atoms with Crippen LogP contribution >= 0.6 is 15.9 Å². The Balaban J connectivity index is 2.02. The summed E-state index contributed by atoms with van der Waals surface area (Å²) >= 11 is 3.43. The van der Waals surface area contributed by atoms with Crippen LogP contribution in [0.25, 0.3) is 0 Å². The molecule has 0 aliphatic rings. The quantitative estimate of drug-likeness (QED) is 0.850. The van der Waals surface area contributed by atoms with Gasteiger partial charge in [0, 0.05) is 6.54 Å². The average molecular weight is 297 g/mol. The number of ether oxygens (including phenoxy) is 1. The molecule has 1 heterocycles. The fraction of sp³-hybridized carbons (Fsp3) is 0.364. The molecule has 1 aromatic carbocycles. The van der Waals surface area contributed by atoms with Crippen molar-refractivity contribution in [2.75, 3.05) is 0 Å². The molecule has 90 valence electrons. The summed E-state index contributed by atoms with van der Waals surface area (Å²) in [5, 5.41) is 11.5. The van der Waals surface area contributed by atoms with Crippen molar-refractivity contribution >= 4 is 15.9 Å². The number of halogens is 1. The molecule has 0 saturated carbocycles. The Morgan fingerprint density at radius 1 is 1.35 bits per heavy atom. The van der Waals surface area contributed by atoms with Crippen molar-refractivity contribution in [1.29, 1.82) is 0 Å². The van der Waals surface area contributed by atoms with Gasteiger partial charge in [-0.15, -0.1) is 5.10 Å². The molecular formula is C11H13BrN4O. The van der Waals surface area contributed by atoms with Gasteiger partial charge in [-0.2, -0.15) is 0 Å². The zero-order chi connectivity index (χ0) is 12.1. The van der Waals surface area contributed by atoms with Gasteiger partial charge in [-0.05, 0) is 44.9 Å². The van der Waals surface area contributed by atoms with Crippen LogP contribution in [0, 0.1) is 0 Å². The van der Waals surface area contributed by atoms with Crippen LogP contribution in [-0.2, 0) is 13.2 Å². The monoisotopic (exact) mass is 296 g/mol. The number of tetrazole rings is 1. The predicted molar refractivity (Wildman–Crippen MR) is 66.6 cm³/mol. The Kier molecular flexibility index (Phi) is 4.08. The van der Waals surface area contributed by atoms with Crippen LogP contribution in [-0.4, -0.2) is 20.2 Å². The van der Waals surface area contributed by atoms with Gasteiger partial charge in [-0.1, -0.05) is 19.1 Å². The Hall–Kier alpha value is -1.43. The second kappa shape index (κ2) is 5.77. The largest absolute Gasteiger partial charge is 0.484 e. The number of aromatic nitrogens is 4. The summed E-state index contributed by atoms with van der Waals surface area (Å²) in [4.78, 5) is 0. The van der Waals surface area contributed by atoms with Crippen LogP contribution in [0.5, 0.6) is 5.75 Å². The molecule has 0 unspecified atom stereocenters. The second-order valence-electron chi connectivity index (χ2n) is 3.54. The lowest BCUT2D eigenvalue weighted by atomic mass is 10.3. The first-order valence-corrected chi connectivity index (χ1v) is 6.23. The number of nitrogens with zero attached hydrogens (tertiary/aromatic N) is 4. The van der Waals surface area contributed by atoms with Crippen LogP contribution in [0.3, 0.4) is 0 Å². The molecule has 5 nitrogen and oxygen atoms in total. The molecule has 0 aliphatic carbocycles. The van der Waals surface area contributed by atoms with Crippen molar-refractivity contribution in [1.82, 2.24) is 20.2 Å². The van der Waals surface area contributed by atoms with E-state index in [1.165, 1.54) is 0 Å².